The first kappa shape index (κ1) is 24.8. The van der Waals surface area contributed by atoms with Crippen molar-refractivity contribution < 1.29 is 39.9 Å². The number of nitrogens with zero attached hydrogens (tertiary/aromatic N) is 2. The van der Waals surface area contributed by atoms with Crippen LogP contribution in [0, 0.1) is 5.82 Å². The van der Waals surface area contributed by atoms with Crippen LogP contribution in [-0.2, 0) is 21.7 Å². The number of rotatable bonds is 7. The van der Waals surface area contributed by atoms with Crippen molar-refractivity contribution in [2.45, 2.75) is 37.6 Å². The van der Waals surface area contributed by atoms with Gasteiger partial charge in [-0.3, -0.25) is 9.40 Å². The lowest BCUT2D eigenvalue weighted by Crippen LogP contribution is -2.49. The number of sulfonamides is 1. The molecule has 2 unspecified atom stereocenters. The van der Waals surface area contributed by atoms with Crippen molar-refractivity contribution in [2.75, 3.05) is 11.0 Å². The third kappa shape index (κ3) is 4.64. The summed E-state index contributed by atoms with van der Waals surface area (Å²) in [6, 6.07) is 5.02. The number of aromatic nitrogens is 2. The Bertz CT molecular complexity index is 1260. The average Bonchev–Trinajstić information content (AvgIpc) is 3.12. The van der Waals surface area contributed by atoms with Crippen molar-refractivity contribution in [3.05, 3.63) is 59.5 Å². The van der Waals surface area contributed by atoms with Gasteiger partial charge in [-0.15, -0.1) is 0 Å². The van der Waals surface area contributed by atoms with Gasteiger partial charge in [0.25, 0.3) is 6.43 Å². The average molecular weight is 495 g/mol. The van der Waals surface area contributed by atoms with Crippen LogP contribution >= 0.6 is 0 Å². The number of hydrogen-bond donors (Lipinski definition) is 2. The van der Waals surface area contributed by atoms with Gasteiger partial charge in [0, 0.05) is 5.39 Å². The van der Waals surface area contributed by atoms with Gasteiger partial charge in [0.1, 0.15) is 17.5 Å². The summed E-state index contributed by atoms with van der Waals surface area (Å²) < 4.78 is 107. The predicted octanol–water partition coefficient (Wildman–Crippen LogP) is 4.35. The molecule has 0 aliphatic rings. The Morgan fingerprint density at radius 1 is 1.12 bits per heavy atom. The molecule has 0 amide bonds. The Labute approximate surface area is 184 Å². The molecule has 0 radical (unpaired) electrons. The molecule has 1 heterocycles. The molecule has 2 aromatic carbocycles. The number of aliphatic hydroxyl groups excluding tert-OH is 1. The van der Waals surface area contributed by atoms with Crippen molar-refractivity contribution >= 4 is 26.6 Å². The minimum atomic E-state index is -4.68. The number of anilines is 1. The number of fused-ring (bicyclic) bond motifs is 1. The van der Waals surface area contributed by atoms with Gasteiger partial charge < -0.3 is 5.11 Å². The number of halogens is 6. The maximum Gasteiger partial charge on any atom is 0.416 e. The highest BCUT2D eigenvalue weighted by Crippen LogP contribution is 2.41. The second-order valence-electron chi connectivity index (χ2n) is 7.45. The SMILES string of the molecule is CCC(c1ccc(C(F)(F)F)cc1)(C(O)C(F)F)n1ncc2c(NS(C)(=O)=O)cc(F)cc21. The summed E-state index contributed by atoms with van der Waals surface area (Å²) in [7, 11) is -3.85. The molecule has 1 aromatic heterocycles. The van der Waals surface area contributed by atoms with E-state index in [0.29, 0.717) is 12.1 Å². The van der Waals surface area contributed by atoms with Crippen LogP contribution in [-0.4, -0.2) is 42.1 Å². The summed E-state index contributed by atoms with van der Waals surface area (Å²) >= 11 is 0. The van der Waals surface area contributed by atoms with E-state index < -0.39 is 45.6 Å². The van der Waals surface area contributed by atoms with E-state index >= 15 is 0 Å². The third-order valence-electron chi connectivity index (χ3n) is 5.31. The molecule has 6 nitrogen and oxygen atoms in total. The number of hydrogen-bond acceptors (Lipinski definition) is 4. The van der Waals surface area contributed by atoms with E-state index in [1.54, 1.807) is 0 Å². The highest BCUT2D eigenvalue weighted by atomic mass is 32.2. The molecule has 2 atom stereocenters. The van der Waals surface area contributed by atoms with Gasteiger partial charge in [-0.05, 0) is 36.2 Å². The van der Waals surface area contributed by atoms with Crippen molar-refractivity contribution in [1.82, 2.24) is 9.78 Å². The van der Waals surface area contributed by atoms with Crippen molar-refractivity contribution in [1.29, 1.82) is 0 Å². The smallest absolute Gasteiger partial charge is 0.384 e. The van der Waals surface area contributed by atoms with Gasteiger partial charge in [0.15, 0.2) is 0 Å². The fourth-order valence-corrected chi connectivity index (χ4v) is 4.40. The summed E-state index contributed by atoms with van der Waals surface area (Å²) in [4.78, 5) is 0. The van der Waals surface area contributed by atoms with Crippen LogP contribution in [0.4, 0.5) is 32.0 Å². The van der Waals surface area contributed by atoms with E-state index in [9.17, 15) is 39.9 Å². The number of nitrogens with one attached hydrogen (secondary N) is 1. The first-order chi connectivity index (χ1) is 15.2. The highest BCUT2D eigenvalue weighted by molar-refractivity contribution is 7.92. The summed E-state index contributed by atoms with van der Waals surface area (Å²) in [5, 5.41) is 14.6. The largest absolute Gasteiger partial charge is 0.416 e. The second kappa shape index (κ2) is 8.52. The van der Waals surface area contributed by atoms with Crippen LogP contribution in [0.15, 0.2) is 42.6 Å². The molecule has 0 aliphatic heterocycles. The van der Waals surface area contributed by atoms with Crippen molar-refractivity contribution in [2.24, 2.45) is 0 Å². The summed E-state index contributed by atoms with van der Waals surface area (Å²) in [6.07, 6.45) is -8.82. The van der Waals surface area contributed by atoms with Crippen LogP contribution in [0.3, 0.4) is 0 Å². The van der Waals surface area contributed by atoms with E-state index in [0.717, 1.165) is 41.4 Å². The topological polar surface area (TPSA) is 84.2 Å². The van der Waals surface area contributed by atoms with Gasteiger partial charge in [0.2, 0.25) is 10.0 Å². The molecule has 0 saturated carbocycles. The summed E-state index contributed by atoms with van der Waals surface area (Å²) in [5.41, 5.74) is -3.63. The first-order valence-electron chi connectivity index (χ1n) is 9.50. The number of aliphatic hydroxyl groups is 1. The zero-order valence-corrected chi connectivity index (χ0v) is 18.1. The van der Waals surface area contributed by atoms with E-state index in [1.165, 1.54) is 6.92 Å². The van der Waals surface area contributed by atoms with E-state index in [-0.39, 0.29) is 28.6 Å². The van der Waals surface area contributed by atoms with Gasteiger partial charge >= 0.3 is 6.18 Å². The van der Waals surface area contributed by atoms with Crippen LogP contribution < -0.4 is 4.72 Å². The first-order valence-corrected chi connectivity index (χ1v) is 11.4. The van der Waals surface area contributed by atoms with Crippen LogP contribution in [0.25, 0.3) is 10.9 Å². The molecule has 3 rings (SSSR count). The minimum absolute atomic E-state index is 0.0352. The number of benzene rings is 2. The monoisotopic (exact) mass is 495 g/mol. The Morgan fingerprint density at radius 3 is 2.18 bits per heavy atom. The van der Waals surface area contributed by atoms with E-state index in [2.05, 4.69) is 9.82 Å². The molecule has 0 fully saturated rings. The van der Waals surface area contributed by atoms with E-state index in [1.807, 2.05) is 0 Å². The van der Waals surface area contributed by atoms with Crippen molar-refractivity contribution in [3.63, 3.8) is 0 Å². The van der Waals surface area contributed by atoms with Crippen LogP contribution in [0.2, 0.25) is 0 Å². The molecule has 3 aromatic rings. The van der Waals surface area contributed by atoms with E-state index in [4.69, 9.17) is 0 Å². The molecule has 0 saturated heterocycles. The molecule has 0 spiro atoms. The predicted molar refractivity (Wildman–Crippen MR) is 109 cm³/mol. The quantitative estimate of drug-likeness (QED) is 0.478. The maximum atomic E-state index is 14.4. The van der Waals surface area contributed by atoms with Gasteiger partial charge in [0.05, 0.1) is 29.2 Å². The maximum absolute atomic E-state index is 14.4. The standard InChI is InChI=1S/C20H19F6N3O3S/c1-3-19(17(30)18(22)23,11-4-6-12(7-5-11)20(24,25)26)29-16-9-13(21)8-15(14(16)10-27-29)28-33(2,31)32/h4-10,17-18,28,30H,3H2,1-2H3. The lowest BCUT2D eigenvalue weighted by Gasteiger charge is -2.38. The third-order valence-corrected chi connectivity index (χ3v) is 5.90. The Kier molecular flexibility index (Phi) is 6.41. The molecular formula is C20H19F6N3O3S. The Morgan fingerprint density at radius 2 is 1.70 bits per heavy atom. The normalized spacial score (nSPS) is 15.6. The molecule has 0 bridgehead atoms. The Hall–Kier alpha value is -2.80. The molecule has 2 N–H and O–H groups in total. The molecule has 13 heteroatoms. The van der Waals surface area contributed by atoms with Gasteiger partial charge in [-0.25, -0.2) is 21.6 Å². The highest BCUT2D eigenvalue weighted by Gasteiger charge is 2.47. The molecule has 0 aliphatic carbocycles. The Balaban J connectivity index is 2.33. The summed E-state index contributed by atoms with van der Waals surface area (Å²) in [6.45, 7) is 1.41. The summed E-state index contributed by atoms with van der Waals surface area (Å²) in [5.74, 6) is -0.931. The fourth-order valence-electron chi connectivity index (χ4n) is 3.83. The lowest BCUT2D eigenvalue weighted by atomic mass is 9.81. The second-order valence-corrected chi connectivity index (χ2v) is 9.20. The number of alkyl halides is 5. The zero-order valence-electron chi connectivity index (χ0n) is 17.2. The fraction of sp³-hybridized carbons (Fsp3) is 0.350. The van der Waals surface area contributed by atoms with Gasteiger partial charge in [-0.2, -0.15) is 18.3 Å². The van der Waals surface area contributed by atoms with Crippen molar-refractivity contribution in [3.8, 4) is 0 Å². The van der Waals surface area contributed by atoms with Crippen LogP contribution in [0.5, 0.6) is 0 Å². The molecule has 33 heavy (non-hydrogen) atoms. The molecule has 180 valence electrons. The van der Waals surface area contributed by atoms with Crippen LogP contribution in [0.1, 0.15) is 24.5 Å². The zero-order chi connectivity index (χ0) is 24.8. The molecular weight excluding hydrogens is 476 g/mol. The van der Waals surface area contributed by atoms with Gasteiger partial charge in [-0.1, -0.05) is 19.1 Å². The lowest BCUT2D eigenvalue weighted by molar-refractivity contribution is -0.137. The minimum Gasteiger partial charge on any atom is -0.384 e.